The summed E-state index contributed by atoms with van der Waals surface area (Å²) in [6, 6.07) is 0. The predicted octanol–water partition coefficient (Wildman–Crippen LogP) is 4.84. The molecule has 0 aliphatic rings. The van der Waals surface area contributed by atoms with E-state index in [4.69, 9.17) is 11.6 Å². The standard InChI is InChI=1S/C9H12BrClS/c1-3-6(2)9(11)7-4-12-5-8(7)10/h4-6,9H,3H2,1-2H3. The Labute approximate surface area is 91.1 Å². The van der Waals surface area contributed by atoms with Gasteiger partial charge in [0.1, 0.15) is 0 Å². The van der Waals surface area contributed by atoms with Crippen molar-refractivity contribution in [2.24, 2.45) is 5.92 Å². The molecule has 68 valence electrons. The summed E-state index contributed by atoms with van der Waals surface area (Å²) in [4.78, 5) is 0. The van der Waals surface area contributed by atoms with Crippen LogP contribution in [0.5, 0.6) is 0 Å². The summed E-state index contributed by atoms with van der Waals surface area (Å²) in [5.74, 6) is 0.539. The van der Waals surface area contributed by atoms with Gasteiger partial charge in [0.05, 0.1) is 5.38 Å². The van der Waals surface area contributed by atoms with Crippen molar-refractivity contribution in [2.75, 3.05) is 0 Å². The molecule has 0 aliphatic carbocycles. The molecule has 2 atom stereocenters. The Morgan fingerprint density at radius 2 is 2.25 bits per heavy atom. The first-order chi connectivity index (χ1) is 5.66. The fourth-order valence-corrected chi connectivity index (χ4v) is 3.15. The zero-order chi connectivity index (χ0) is 9.14. The molecule has 1 aromatic rings. The van der Waals surface area contributed by atoms with Crippen molar-refractivity contribution < 1.29 is 0 Å². The Morgan fingerprint density at radius 1 is 1.58 bits per heavy atom. The molecule has 0 N–H and O–H groups in total. The topological polar surface area (TPSA) is 0 Å². The van der Waals surface area contributed by atoms with E-state index in [2.05, 4.69) is 40.5 Å². The second-order valence-electron chi connectivity index (χ2n) is 2.96. The van der Waals surface area contributed by atoms with Crippen LogP contribution in [0.3, 0.4) is 0 Å². The highest BCUT2D eigenvalue weighted by atomic mass is 79.9. The Kier molecular flexibility index (Phi) is 4.08. The lowest BCUT2D eigenvalue weighted by molar-refractivity contribution is 0.542. The van der Waals surface area contributed by atoms with Crippen LogP contribution >= 0.6 is 38.9 Å². The van der Waals surface area contributed by atoms with Crippen LogP contribution in [0.15, 0.2) is 15.2 Å². The normalized spacial score (nSPS) is 16.0. The smallest absolute Gasteiger partial charge is 0.0630 e. The van der Waals surface area contributed by atoms with Crippen LogP contribution in [0.2, 0.25) is 0 Å². The molecule has 0 spiro atoms. The summed E-state index contributed by atoms with van der Waals surface area (Å²) in [6.45, 7) is 4.35. The lowest BCUT2D eigenvalue weighted by Gasteiger charge is -2.15. The van der Waals surface area contributed by atoms with E-state index in [0.717, 1.165) is 10.9 Å². The van der Waals surface area contributed by atoms with E-state index in [9.17, 15) is 0 Å². The summed E-state index contributed by atoms with van der Waals surface area (Å²) in [5, 5.41) is 4.34. The molecule has 0 radical (unpaired) electrons. The predicted molar refractivity (Wildman–Crippen MR) is 60.1 cm³/mol. The zero-order valence-corrected chi connectivity index (χ0v) is 10.3. The number of thiophene rings is 1. The van der Waals surface area contributed by atoms with Crippen LogP contribution in [-0.4, -0.2) is 0 Å². The molecular weight excluding hydrogens is 256 g/mol. The molecule has 12 heavy (non-hydrogen) atoms. The van der Waals surface area contributed by atoms with Gasteiger partial charge in [-0.3, -0.25) is 0 Å². The molecule has 1 aromatic heterocycles. The van der Waals surface area contributed by atoms with Gasteiger partial charge in [-0.1, -0.05) is 20.3 Å². The van der Waals surface area contributed by atoms with Crippen molar-refractivity contribution >= 4 is 38.9 Å². The molecule has 0 bridgehead atoms. The second kappa shape index (κ2) is 4.64. The van der Waals surface area contributed by atoms with Crippen molar-refractivity contribution in [3.8, 4) is 0 Å². The minimum absolute atomic E-state index is 0.149. The lowest BCUT2D eigenvalue weighted by Crippen LogP contribution is -2.01. The lowest BCUT2D eigenvalue weighted by atomic mass is 10.0. The SMILES string of the molecule is CCC(C)C(Cl)c1cscc1Br. The molecule has 0 saturated carbocycles. The molecule has 0 aliphatic heterocycles. The third-order valence-electron chi connectivity index (χ3n) is 2.08. The van der Waals surface area contributed by atoms with E-state index in [1.165, 1.54) is 5.56 Å². The fraction of sp³-hybridized carbons (Fsp3) is 0.556. The molecule has 1 heterocycles. The Morgan fingerprint density at radius 3 is 2.67 bits per heavy atom. The first-order valence-corrected chi connectivity index (χ1v) is 6.19. The first-order valence-electron chi connectivity index (χ1n) is 4.02. The van der Waals surface area contributed by atoms with Crippen LogP contribution in [0, 0.1) is 5.92 Å². The van der Waals surface area contributed by atoms with E-state index in [1.54, 1.807) is 11.3 Å². The van der Waals surface area contributed by atoms with Gasteiger partial charge in [0, 0.05) is 9.85 Å². The maximum atomic E-state index is 6.28. The summed E-state index contributed by atoms with van der Waals surface area (Å²) >= 11 is 11.5. The van der Waals surface area contributed by atoms with Crippen molar-refractivity contribution in [3.05, 3.63) is 20.8 Å². The van der Waals surface area contributed by atoms with Crippen molar-refractivity contribution in [3.63, 3.8) is 0 Å². The Hall–Kier alpha value is 0.470. The maximum Gasteiger partial charge on any atom is 0.0630 e. The van der Waals surface area contributed by atoms with Gasteiger partial charge in [-0.05, 0) is 32.8 Å². The van der Waals surface area contributed by atoms with E-state index in [1.807, 2.05) is 0 Å². The molecule has 2 unspecified atom stereocenters. The van der Waals surface area contributed by atoms with Crippen LogP contribution in [0.1, 0.15) is 31.2 Å². The van der Waals surface area contributed by atoms with Gasteiger partial charge >= 0.3 is 0 Å². The highest BCUT2D eigenvalue weighted by molar-refractivity contribution is 9.10. The van der Waals surface area contributed by atoms with Crippen molar-refractivity contribution in [1.29, 1.82) is 0 Å². The molecule has 3 heteroatoms. The second-order valence-corrected chi connectivity index (χ2v) is 5.03. The zero-order valence-electron chi connectivity index (χ0n) is 7.18. The minimum Gasteiger partial charge on any atom is -0.151 e. The summed E-state index contributed by atoms with van der Waals surface area (Å²) in [6.07, 6.45) is 1.12. The number of rotatable bonds is 3. The molecule has 0 fully saturated rings. The number of hydrogen-bond donors (Lipinski definition) is 0. The summed E-state index contributed by atoms with van der Waals surface area (Å²) in [7, 11) is 0. The largest absolute Gasteiger partial charge is 0.151 e. The van der Waals surface area contributed by atoms with Crippen LogP contribution in [0.4, 0.5) is 0 Å². The summed E-state index contributed by atoms with van der Waals surface area (Å²) in [5.41, 5.74) is 1.23. The third-order valence-corrected chi connectivity index (χ3v) is 4.50. The fourth-order valence-electron chi connectivity index (χ4n) is 1.00. The monoisotopic (exact) mass is 266 g/mol. The maximum absolute atomic E-state index is 6.28. The van der Waals surface area contributed by atoms with Gasteiger partial charge in [0.2, 0.25) is 0 Å². The van der Waals surface area contributed by atoms with Gasteiger partial charge in [0.15, 0.2) is 0 Å². The molecular formula is C9H12BrClS. The van der Waals surface area contributed by atoms with Gasteiger partial charge in [-0.2, -0.15) is 11.3 Å². The molecule has 0 aromatic carbocycles. The van der Waals surface area contributed by atoms with Crippen molar-refractivity contribution in [2.45, 2.75) is 25.6 Å². The van der Waals surface area contributed by atoms with Gasteiger partial charge < -0.3 is 0 Å². The van der Waals surface area contributed by atoms with Gasteiger partial charge in [-0.25, -0.2) is 0 Å². The molecule has 1 rings (SSSR count). The van der Waals surface area contributed by atoms with Crippen molar-refractivity contribution in [1.82, 2.24) is 0 Å². The number of alkyl halides is 1. The van der Waals surface area contributed by atoms with Crippen LogP contribution in [0.25, 0.3) is 0 Å². The van der Waals surface area contributed by atoms with Crippen LogP contribution < -0.4 is 0 Å². The Bertz CT molecular complexity index is 246. The molecule has 0 amide bonds. The average Bonchev–Trinajstić information content (AvgIpc) is 2.48. The Balaban J connectivity index is 2.77. The number of halogens is 2. The van der Waals surface area contributed by atoms with Crippen LogP contribution in [-0.2, 0) is 0 Å². The van der Waals surface area contributed by atoms with Gasteiger partial charge in [0.25, 0.3) is 0 Å². The average molecular weight is 268 g/mol. The molecule has 0 nitrogen and oxygen atoms in total. The van der Waals surface area contributed by atoms with Gasteiger partial charge in [-0.15, -0.1) is 11.6 Å². The molecule has 0 saturated heterocycles. The van der Waals surface area contributed by atoms with E-state index in [0.29, 0.717) is 5.92 Å². The first kappa shape index (κ1) is 10.6. The van der Waals surface area contributed by atoms with E-state index in [-0.39, 0.29) is 5.38 Å². The minimum atomic E-state index is 0.149. The van der Waals surface area contributed by atoms with E-state index >= 15 is 0 Å². The highest BCUT2D eigenvalue weighted by Gasteiger charge is 2.17. The number of hydrogen-bond acceptors (Lipinski definition) is 1. The van der Waals surface area contributed by atoms with E-state index < -0.39 is 0 Å². The quantitative estimate of drug-likeness (QED) is 0.688. The highest BCUT2D eigenvalue weighted by Crippen LogP contribution is 2.37. The summed E-state index contributed by atoms with van der Waals surface area (Å²) < 4.78 is 1.15. The third kappa shape index (κ3) is 2.24.